The Kier molecular flexibility index (Phi) is 8.17. The van der Waals surface area contributed by atoms with Gasteiger partial charge in [0.05, 0.1) is 36.2 Å². The molecular formula is C26H29BrN2O5. The minimum Gasteiger partial charge on any atom is -0.491 e. The highest BCUT2D eigenvalue weighted by molar-refractivity contribution is 9.10. The molecular weight excluding hydrogens is 500 g/mol. The number of amides is 1. The zero-order valence-electron chi connectivity index (χ0n) is 20.1. The topological polar surface area (TPSA) is 70.1 Å². The van der Waals surface area contributed by atoms with Crippen LogP contribution in [0.1, 0.15) is 26.3 Å². The summed E-state index contributed by atoms with van der Waals surface area (Å²) in [5.41, 5.74) is 1.53. The summed E-state index contributed by atoms with van der Waals surface area (Å²) < 4.78 is 22.6. The molecule has 3 aromatic rings. The van der Waals surface area contributed by atoms with E-state index in [0.717, 1.165) is 10.9 Å². The average molecular weight is 529 g/mol. The predicted molar refractivity (Wildman–Crippen MR) is 138 cm³/mol. The average Bonchev–Trinajstić information content (AvgIpc) is 2.78. The van der Waals surface area contributed by atoms with Crippen molar-refractivity contribution < 1.29 is 23.7 Å². The van der Waals surface area contributed by atoms with E-state index in [-0.39, 0.29) is 0 Å². The van der Waals surface area contributed by atoms with Crippen molar-refractivity contribution >= 4 is 44.3 Å². The highest BCUT2D eigenvalue weighted by Crippen LogP contribution is 2.38. The van der Waals surface area contributed by atoms with Gasteiger partial charge in [-0.1, -0.05) is 24.8 Å². The Morgan fingerprint density at radius 1 is 1.09 bits per heavy atom. The van der Waals surface area contributed by atoms with E-state index in [1.165, 1.54) is 12.0 Å². The predicted octanol–water partition coefficient (Wildman–Crippen LogP) is 6.44. The molecule has 0 spiro atoms. The van der Waals surface area contributed by atoms with Crippen molar-refractivity contribution in [2.45, 2.75) is 26.4 Å². The van der Waals surface area contributed by atoms with Crippen LogP contribution in [0.4, 0.5) is 10.5 Å². The Bertz CT molecular complexity index is 1190. The second kappa shape index (κ2) is 10.9. The molecule has 3 rings (SSSR count). The van der Waals surface area contributed by atoms with E-state index in [4.69, 9.17) is 18.9 Å². The molecule has 0 unspecified atom stereocenters. The van der Waals surface area contributed by atoms with E-state index in [1.807, 2.05) is 51.1 Å². The Morgan fingerprint density at radius 2 is 1.82 bits per heavy atom. The monoisotopic (exact) mass is 528 g/mol. The molecule has 0 saturated carbocycles. The second-order valence-electron chi connectivity index (χ2n) is 8.45. The van der Waals surface area contributed by atoms with E-state index >= 15 is 0 Å². The lowest BCUT2D eigenvalue weighted by atomic mass is 10.1. The molecule has 180 valence electrons. The van der Waals surface area contributed by atoms with Crippen LogP contribution in [0, 0.1) is 0 Å². The van der Waals surface area contributed by atoms with Crippen molar-refractivity contribution in [2.75, 3.05) is 32.3 Å². The number of aromatic nitrogens is 1. The summed E-state index contributed by atoms with van der Waals surface area (Å²) in [6, 6.07) is 14.9. The molecule has 0 aliphatic heterocycles. The zero-order chi connectivity index (χ0) is 24.9. The molecule has 1 heterocycles. The molecule has 0 bridgehead atoms. The summed E-state index contributed by atoms with van der Waals surface area (Å²) in [7, 11) is 3.15. The van der Waals surface area contributed by atoms with Gasteiger partial charge in [-0.05, 0) is 67.0 Å². The first-order valence-electron chi connectivity index (χ1n) is 10.7. The number of hydrogen-bond donors (Lipinski definition) is 0. The maximum absolute atomic E-state index is 13.4. The molecule has 1 amide bonds. The number of halogens is 1. The molecule has 0 radical (unpaired) electrons. The normalized spacial score (nSPS) is 11.2. The van der Waals surface area contributed by atoms with Crippen LogP contribution in [-0.2, 0) is 9.47 Å². The first-order chi connectivity index (χ1) is 16.1. The Balaban J connectivity index is 2.08. The number of rotatable bonds is 8. The number of para-hydroxylation sites is 1. The van der Waals surface area contributed by atoms with Crippen molar-refractivity contribution in [1.29, 1.82) is 0 Å². The van der Waals surface area contributed by atoms with Gasteiger partial charge in [0.1, 0.15) is 18.0 Å². The van der Waals surface area contributed by atoms with E-state index in [2.05, 4.69) is 27.5 Å². The second-order valence-corrected chi connectivity index (χ2v) is 9.31. The molecule has 0 fully saturated rings. The fourth-order valence-electron chi connectivity index (χ4n) is 3.24. The van der Waals surface area contributed by atoms with Gasteiger partial charge in [-0.15, -0.1) is 0 Å². The number of anilines is 1. The fraction of sp³-hybridized carbons (Fsp3) is 0.308. The number of fused-ring (bicyclic) bond motifs is 1. The summed E-state index contributed by atoms with van der Waals surface area (Å²) in [6.07, 6.45) is -0.582. The van der Waals surface area contributed by atoms with Gasteiger partial charge in [-0.25, -0.2) is 14.7 Å². The van der Waals surface area contributed by atoms with Crippen LogP contribution >= 0.6 is 15.9 Å². The number of pyridine rings is 1. The Hall–Kier alpha value is -3.10. The SMILES string of the molecule is C=C(c1cc2ccccc2nc1OC)N(C(=O)OC(C)(C)C)c1ccc(OCCOC)cc1Br. The number of methoxy groups -OCH3 is 2. The lowest BCUT2D eigenvalue weighted by molar-refractivity contribution is 0.0600. The van der Waals surface area contributed by atoms with E-state index in [1.54, 1.807) is 25.3 Å². The Morgan fingerprint density at radius 3 is 2.47 bits per heavy atom. The van der Waals surface area contributed by atoms with E-state index < -0.39 is 11.7 Å². The summed E-state index contributed by atoms with van der Waals surface area (Å²) in [5, 5.41) is 0.893. The van der Waals surface area contributed by atoms with Gasteiger partial charge in [0.15, 0.2) is 0 Å². The summed E-state index contributed by atoms with van der Waals surface area (Å²) in [6.45, 7) is 10.5. The molecule has 0 aliphatic rings. The van der Waals surface area contributed by atoms with Crippen LogP contribution in [0.2, 0.25) is 0 Å². The first-order valence-corrected chi connectivity index (χ1v) is 11.5. The summed E-state index contributed by atoms with van der Waals surface area (Å²) in [5.74, 6) is 0.986. The number of nitrogens with zero attached hydrogens (tertiary/aromatic N) is 2. The van der Waals surface area contributed by atoms with Gasteiger partial charge in [0.2, 0.25) is 5.88 Å². The van der Waals surface area contributed by atoms with Gasteiger partial charge in [-0.2, -0.15) is 0 Å². The van der Waals surface area contributed by atoms with Crippen molar-refractivity contribution in [3.8, 4) is 11.6 Å². The van der Waals surface area contributed by atoms with Gasteiger partial charge in [0.25, 0.3) is 0 Å². The van der Waals surface area contributed by atoms with Crippen molar-refractivity contribution in [3.05, 3.63) is 65.1 Å². The molecule has 7 nitrogen and oxygen atoms in total. The van der Waals surface area contributed by atoms with E-state index in [0.29, 0.717) is 46.3 Å². The maximum atomic E-state index is 13.4. The largest absolute Gasteiger partial charge is 0.491 e. The lowest BCUT2D eigenvalue weighted by Gasteiger charge is -2.30. The van der Waals surface area contributed by atoms with Crippen molar-refractivity contribution in [3.63, 3.8) is 0 Å². The molecule has 34 heavy (non-hydrogen) atoms. The third-order valence-electron chi connectivity index (χ3n) is 4.76. The molecule has 2 aromatic carbocycles. The molecule has 0 saturated heterocycles. The molecule has 0 atom stereocenters. The number of hydrogen-bond acceptors (Lipinski definition) is 6. The van der Waals surface area contributed by atoms with Crippen LogP contribution in [0.15, 0.2) is 59.6 Å². The number of ether oxygens (including phenoxy) is 4. The zero-order valence-corrected chi connectivity index (χ0v) is 21.6. The third kappa shape index (κ3) is 6.07. The molecule has 0 N–H and O–H groups in total. The van der Waals surface area contributed by atoms with Gasteiger partial charge in [-0.3, -0.25) is 0 Å². The maximum Gasteiger partial charge on any atom is 0.419 e. The van der Waals surface area contributed by atoms with Crippen LogP contribution in [0.25, 0.3) is 16.6 Å². The van der Waals surface area contributed by atoms with E-state index in [9.17, 15) is 4.79 Å². The van der Waals surface area contributed by atoms with Crippen molar-refractivity contribution in [2.24, 2.45) is 0 Å². The number of benzene rings is 2. The number of carbonyl (C=O) groups is 1. The molecule has 0 aliphatic carbocycles. The fourth-order valence-corrected chi connectivity index (χ4v) is 3.78. The molecule has 8 heteroatoms. The quantitative estimate of drug-likeness (QED) is 0.313. The Labute approximate surface area is 208 Å². The smallest absolute Gasteiger partial charge is 0.419 e. The van der Waals surface area contributed by atoms with Gasteiger partial charge in [0, 0.05) is 17.0 Å². The highest BCUT2D eigenvalue weighted by Gasteiger charge is 2.29. The minimum atomic E-state index is -0.711. The molecule has 1 aromatic heterocycles. The van der Waals surface area contributed by atoms with Gasteiger partial charge >= 0.3 is 6.09 Å². The van der Waals surface area contributed by atoms with Crippen LogP contribution in [0.5, 0.6) is 11.6 Å². The highest BCUT2D eigenvalue weighted by atomic mass is 79.9. The standard InChI is InChI=1S/C26H29BrN2O5/c1-17(20-15-18-9-7-8-10-22(18)28-24(20)32-6)29(25(30)34-26(2,3)4)23-12-11-19(16-21(23)27)33-14-13-31-5/h7-12,15-16H,1,13-14H2,2-6H3. The third-order valence-corrected chi connectivity index (χ3v) is 5.39. The summed E-state index contributed by atoms with van der Waals surface area (Å²) in [4.78, 5) is 19.4. The van der Waals surface area contributed by atoms with Crippen LogP contribution in [0.3, 0.4) is 0 Å². The number of carbonyl (C=O) groups excluding carboxylic acids is 1. The lowest BCUT2D eigenvalue weighted by Crippen LogP contribution is -2.36. The van der Waals surface area contributed by atoms with Crippen molar-refractivity contribution in [1.82, 2.24) is 4.98 Å². The van der Waals surface area contributed by atoms with Crippen LogP contribution in [-0.4, -0.2) is 44.1 Å². The van der Waals surface area contributed by atoms with Crippen LogP contribution < -0.4 is 14.4 Å². The van der Waals surface area contributed by atoms with Gasteiger partial charge < -0.3 is 18.9 Å². The summed E-state index contributed by atoms with van der Waals surface area (Å²) >= 11 is 3.57. The first kappa shape index (κ1) is 25.5. The minimum absolute atomic E-state index is 0.355.